The first-order chi connectivity index (χ1) is 6.43. The summed E-state index contributed by atoms with van der Waals surface area (Å²) in [7, 11) is -3.26. The molecule has 0 bridgehead atoms. The molecule has 0 radical (unpaired) electrons. The van der Waals surface area contributed by atoms with Gasteiger partial charge in [-0.05, 0) is 23.8 Å². The summed E-state index contributed by atoms with van der Waals surface area (Å²) in [6.07, 6.45) is 1.26. The van der Waals surface area contributed by atoms with Crippen LogP contribution in [0.4, 0.5) is 0 Å². The lowest BCUT2D eigenvalue weighted by molar-refractivity contribution is 0.602. The third kappa shape index (κ3) is 2.72. The fraction of sp³-hybridized carbons (Fsp3) is 0.222. The standard InChI is InChI=1S/C9H8ClNO2S/c1-14(12,13)9-5-7(2-3-11)4-8(10)6-9/h4-6H,2H2,1H3. The molecule has 1 aromatic rings. The summed E-state index contributed by atoms with van der Waals surface area (Å²) >= 11 is 5.72. The zero-order chi connectivity index (χ0) is 10.8. The van der Waals surface area contributed by atoms with Gasteiger partial charge < -0.3 is 0 Å². The molecule has 3 nitrogen and oxygen atoms in total. The average molecular weight is 230 g/mol. The van der Waals surface area contributed by atoms with E-state index in [0.717, 1.165) is 6.26 Å². The molecular formula is C9H8ClNO2S. The fourth-order valence-corrected chi connectivity index (χ4v) is 2.06. The van der Waals surface area contributed by atoms with Crippen LogP contribution in [0.3, 0.4) is 0 Å². The van der Waals surface area contributed by atoms with Crippen molar-refractivity contribution in [1.29, 1.82) is 5.26 Å². The van der Waals surface area contributed by atoms with Crippen molar-refractivity contribution < 1.29 is 8.42 Å². The molecule has 0 atom stereocenters. The Kier molecular flexibility index (Phi) is 3.14. The second-order valence-electron chi connectivity index (χ2n) is 2.90. The van der Waals surface area contributed by atoms with Crippen molar-refractivity contribution in [3.63, 3.8) is 0 Å². The van der Waals surface area contributed by atoms with Gasteiger partial charge in [0.25, 0.3) is 0 Å². The number of benzene rings is 1. The molecule has 0 amide bonds. The van der Waals surface area contributed by atoms with E-state index >= 15 is 0 Å². The zero-order valence-electron chi connectivity index (χ0n) is 7.49. The third-order valence-electron chi connectivity index (χ3n) is 1.64. The van der Waals surface area contributed by atoms with Gasteiger partial charge in [-0.1, -0.05) is 11.6 Å². The second kappa shape index (κ2) is 3.99. The summed E-state index contributed by atoms with van der Waals surface area (Å²) in [5, 5.41) is 8.79. The van der Waals surface area contributed by atoms with Gasteiger partial charge in [0.15, 0.2) is 9.84 Å². The maximum Gasteiger partial charge on any atom is 0.175 e. The van der Waals surface area contributed by atoms with Crippen LogP contribution in [0.1, 0.15) is 5.56 Å². The quantitative estimate of drug-likeness (QED) is 0.777. The summed E-state index contributed by atoms with van der Waals surface area (Å²) in [4.78, 5) is 0.148. The zero-order valence-corrected chi connectivity index (χ0v) is 9.06. The maximum atomic E-state index is 11.2. The number of nitriles is 1. The molecule has 0 N–H and O–H groups in total. The predicted octanol–water partition coefficient (Wildman–Crippen LogP) is 1.81. The van der Waals surface area contributed by atoms with Gasteiger partial charge in [0.1, 0.15) is 0 Å². The van der Waals surface area contributed by atoms with Crippen molar-refractivity contribution in [3.05, 3.63) is 28.8 Å². The van der Waals surface area contributed by atoms with Crippen molar-refractivity contribution in [2.24, 2.45) is 0 Å². The van der Waals surface area contributed by atoms with Gasteiger partial charge in [-0.3, -0.25) is 0 Å². The Hall–Kier alpha value is -1.05. The largest absolute Gasteiger partial charge is 0.224 e. The minimum Gasteiger partial charge on any atom is -0.224 e. The van der Waals surface area contributed by atoms with Crippen LogP contribution >= 0.6 is 11.6 Å². The number of hydrogen-bond acceptors (Lipinski definition) is 3. The molecule has 0 aromatic heterocycles. The molecule has 74 valence electrons. The van der Waals surface area contributed by atoms with Crippen LogP contribution in [0.5, 0.6) is 0 Å². The summed E-state index contributed by atoms with van der Waals surface area (Å²) < 4.78 is 22.4. The van der Waals surface area contributed by atoms with E-state index in [4.69, 9.17) is 16.9 Å². The molecule has 0 heterocycles. The minimum atomic E-state index is -3.26. The fourth-order valence-electron chi connectivity index (χ4n) is 1.03. The number of rotatable bonds is 2. The Morgan fingerprint density at radius 1 is 1.43 bits per heavy atom. The van der Waals surface area contributed by atoms with E-state index in [1.54, 1.807) is 6.07 Å². The maximum absolute atomic E-state index is 11.2. The first kappa shape index (κ1) is 11.0. The highest BCUT2D eigenvalue weighted by Gasteiger charge is 2.09. The molecule has 5 heteroatoms. The first-order valence-corrected chi connectivity index (χ1v) is 6.07. The highest BCUT2D eigenvalue weighted by molar-refractivity contribution is 7.90. The van der Waals surface area contributed by atoms with Gasteiger partial charge in [-0.2, -0.15) is 5.26 Å². The molecule has 0 fully saturated rings. The van der Waals surface area contributed by atoms with Crippen LogP contribution in [0.25, 0.3) is 0 Å². The Morgan fingerprint density at radius 2 is 2.07 bits per heavy atom. The van der Waals surface area contributed by atoms with Gasteiger partial charge in [0.2, 0.25) is 0 Å². The normalized spacial score (nSPS) is 10.9. The van der Waals surface area contributed by atoms with E-state index in [1.165, 1.54) is 12.1 Å². The highest BCUT2D eigenvalue weighted by Crippen LogP contribution is 2.19. The summed E-state index contributed by atoms with van der Waals surface area (Å²) in [6, 6.07) is 6.35. The van der Waals surface area contributed by atoms with Crippen LogP contribution in [-0.2, 0) is 16.3 Å². The van der Waals surface area contributed by atoms with Gasteiger partial charge in [0.05, 0.1) is 17.4 Å². The number of sulfone groups is 1. The molecule has 0 aliphatic carbocycles. The lowest BCUT2D eigenvalue weighted by Gasteiger charge is -2.01. The van der Waals surface area contributed by atoms with Gasteiger partial charge in [-0.25, -0.2) is 8.42 Å². The van der Waals surface area contributed by atoms with Gasteiger partial charge in [-0.15, -0.1) is 0 Å². The van der Waals surface area contributed by atoms with Crippen molar-refractivity contribution in [2.75, 3.05) is 6.26 Å². The third-order valence-corrected chi connectivity index (χ3v) is 2.95. The van der Waals surface area contributed by atoms with E-state index in [1.807, 2.05) is 6.07 Å². The van der Waals surface area contributed by atoms with E-state index in [0.29, 0.717) is 10.6 Å². The Bertz CT molecular complexity index is 488. The van der Waals surface area contributed by atoms with Crippen molar-refractivity contribution >= 4 is 21.4 Å². The smallest absolute Gasteiger partial charge is 0.175 e. The molecule has 1 aromatic carbocycles. The summed E-state index contributed by atoms with van der Waals surface area (Å²) in [6.45, 7) is 0. The molecular weight excluding hydrogens is 222 g/mol. The predicted molar refractivity (Wildman–Crippen MR) is 53.9 cm³/mol. The summed E-state index contributed by atoms with van der Waals surface area (Å²) in [5.41, 5.74) is 0.612. The molecule has 0 spiro atoms. The minimum absolute atomic E-state index is 0.148. The van der Waals surface area contributed by atoms with Crippen molar-refractivity contribution in [3.8, 4) is 6.07 Å². The molecule has 0 saturated heterocycles. The van der Waals surface area contributed by atoms with Crippen LogP contribution in [0.15, 0.2) is 23.1 Å². The van der Waals surface area contributed by atoms with Gasteiger partial charge >= 0.3 is 0 Å². The van der Waals surface area contributed by atoms with Crippen LogP contribution in [-0.4, -0.2) is 14.7 Å². The van der Waals surface area contributed by atoms with E-state index in [2.05, 4.69) is 0 Å². The van der Waals surface area contributed by atoms with E-state index < -0.39 is 9.84 Å². The number of halogens is 1. The second-order valence-corrected chi connectivity index (χ2v) is 5.35. The van der Waals surface area contributed by atoms with E-state index in [-0.39, 0.29) is 11.3 Å². The highest BCUT2D eigenvalue weighted by atomic mass is 35.5. The van der Waals surface area contributed by atoms with E-state index in [9.17, 15) is 8.42 Å². The average Bonchev–Trinajstić information content (AvgIpc) is 2.02. The molecule has 0 aliphatic heterocycles. The molecule has 1 rings (SSSR count). The lowest BCUT2D eigenvalue weighted by atomic mass is 10.2. The lowest BCUT2D eigenvalue weighted by Crippen LogP contribution is -1.98. The monoisotopic (exact) mass is 229 g/mol. The molecule has 0 aliphatic rings. The summed E-state index contributed by atoms with van der Waals surface area (Å²) in [5.74, 6) is 0. The number of nitrogens with zero attached hydrogens (tertiary/aromatic N) is 1. The molecule has 0 unspecified atom stereocenters. The van der Waals surface area contributed by atoms with Gasteiger partial charge in [0, 0.05) is 11.3 Å². The number of hydrogen-bond donors (Lipinski definition) is 0. The Labute approximate surface area is 87.8 Å². The topological polar surface area (TPSA) is 57.9 Å². The van der Waals surface area contributed by atoms with Crippen LogP contribution in [0, 0.1) is 11.3 Å². The molecule has 14 heavy (non-hydrogen) atoms. The molecule has 0 saturated carbocycles. The van der Waals surface area contributed by atoms with Crippen molar-refractivity contribution in [1.82, 2.24) is 0 Å². The SMILES string of the molecule is CS(=O)(=O)c1cc(Cl)cc(CC#N)c1. The van der Waals surface area contributed by atoms with Crippen LogP contribution < -0.4 is 0 Å². The van der Waals surface area contributed by atoms with Crippen LogP contribution in [0.2, 0.25) is 5.02 Å². The Balaban J connectivity index is 3.29. The Morgan fingerprint density at radius 3 is 2.57 bits per heavy atom. The first-order valence-electron chi connectivity index (χ1n) is 3.80. The van der Waals surface area contributed by atoms with Crippen molar-refractivity contribution in [2.45, 2.75) is 11.3 Å².